The Bertz CT molecular complexity index is 613. The number of benzene rings is 1. The lowest BCUT2D eigenvalue weighted by Gasteiger charge is -2.19. The van der Waals surface area contributed by atoms with E-state index in [0.29, 0.717) is 0 Å². The highest BCUT2D eigenvalue weighted by Crippen LogP contribution is 2.40. The molecule has 1 aliphatic rings. The number of aromatic nitrogens is 1. The summed E-state index contributed by atoms with van der Waals surface area (Å²) in [6.07, 6.45) is 1.73. The highest BCUT2D eigenvalue weighted by molar-refractivity contribution is 5.80. The molecular weight excluding hydrogens is 254 g/mol. The van der Waals surface area contributed by atoms with Crippen LogP contribution in [0.4, 0.5) is 17.2 Å². The summed E-state index contributed by atoms with van der Waals surface area (Å²) in [5, 5.41) is 9.40. The summed E-state index contributed by atoms with van der Waals surface area (Å²) in [5.41, 5.74) is 2.08. The van der Waals surface area contributed by atoms with Gasteiger partial charge in [0, 0.05) is 18.3 Å². The number of phenolic OH excluding ortho intramolecular Hbond substituents is 1. The molecule has 1 aliphatic heterocycles. The molecular formula is C15H17N3O2. The molecule has 1 aromatic heterocycles. The third kappa shape index (κ3) is 2.01. The number of ether oxygens (including phenoxy) is 1. The van der Waals surface area contributed by atoms with E-state index in [-0.39, 0.29) is 5.75 Å². The van der Waals surface area contributed by atoms with E-state index in [1.165, 1.54) is 0 Å². The molecule has 0 atom stereocenters. The predicted molar refractivity (Wildman–Crippen MR) is 78.9 cm³/mol. The van der Waals surface area contributed by atoms with Gasteiger partial charge in [-0.25, -0.2) is 4.98 Å². The molecule has 0 saturated heterocycles. The fraction of sp³-hybridized carbons (Fsp3) is 0.267. The van der Waals surface area contributed by atoms with E-state index >= 15 is 0 Å². The molecule has 0 unspecified atom stereocenters. The summed E-state index contributed by atoms with van der Waals surface area (Å²) in [4.78, 5) is 8.86. The van der Waals surface area contributed by atoms with Crippen LogP contribution in [0, 0.1) is 0 Å². The van der Waals surface area contributed by atoms with E-state index in [4.69, 9.17) is 4.74 Å². The molecule has 1 N–H and O–H groups in total. The number of nitrogens with zero attached hydrogens (tertiary/aromatic N) is 3. The van der Waals surface area contributed by atoms with Gasteiger partial charge in [-0.2, -0.15) is 0 Å². The van der Waals surface area contributed by atoms with Crippen molar-refractivity contribution < 1.29 is 9.84 Å². The topological polar surface area (TPSA) is 48.8 Å². The molecule has 2 aromatic rings. The number of anilines is 3. The maximum Gasteiger partial charge on any atom is 0.158 e. The summed E-state index contributed by atoms with van der Waals surface area (Å²) in [7, 11) is 1.65. The van der Waals surface area contributed by atoms with E-state index in [0.717, 1.165) is 36.2 Å². The van der Waals surface area contributed by atoms with Crippen molar-refractivity contribution in [2.24, 2.45) is 0 Å². The van der Waals surface area contributed by atoms with E-state index < -0.39 is 0 Å². The number of fused-ring (bicyclic) bond motifs is 1. The van der Waals surface area contributed by atoms with Gasteiger partial charge in [0.25, 0.3) is 0 Å². The Labute approximate surface area is 118 Å². The van der Waals surface area contributed by atoms with Crippen LogP contribution < -0.4 is 14.5 Å². The van der Waals surface area contributed by atoms with E-state index in [2.05, 4.69) is 21.7 Å². The van der Waals surface area contributed by atoms with E-state index in [1.54, 1.807) is 25.4 Å². The van der Waals surface area contributed by atoms with Crippen molar-refractivity contribution in [1.29, 1.82) is 0 Å². The Morgan fingerprint density at radius 2 is 2.05 bits per heavy atom. The largest absolute Gasteiger partial charge is 0.508 e. The monoisotopic (exact) mass is 271 g/mol. The van der Waals surface area contributed by atoms with E-state index in [1.807, 2.05) is 18.2 Å². The van der Waals surface area contributed by atoms with Crippen molar-refractivity contribution in [2.45, 2.75) is 6.92 Å². The minimum Gasteiger partial charge on any atom is -0.508 e. The third-order valence-corrected chi connectivity index (χ3v) is 3.51. The SMILES string of the molecule is CCN1CN(c2ccc(O)cc2)c2ncc(OC)cc21. The van der Waals surface area contributed by atoms with Gasteiger partial charge in [-0.3, -0.25) is 0 Å². The van der Waals surface area contributed by atoms with Crippen LogP contribution in [0.1, 0.15) is 6.92 Å². The van der Waals surface area contributed by atoms with Crippen LogP contribution in [0.15, 0.2) is 36.5 Å². The Hall–Kier alpha value is -2.43. The molecule has 0 bridgehead atoms. The smallest absolute Gasteiger partial charge is 0.158 e. The standard InChI is InChI=1S/C15H17N3O2/c1-3-17-10-18(11-4-6-12(19)7-5-11)15-14(17)8-13(20-2)9-16-15/h4-9,19H,3,10H2,1-2H3. The van der Waals surface area contributed by atoms with Gasteiger partial charge in [-0.1, -0.05) is 0 Å². The average molecular weight is 271 g/mol. The van der Waals surface area contributed by atoms with Crippen LogP contribution in [-0.4, -0.2) is 30.4 Å². The first kappa shape index (κ1) is 12.6. The molecule has 0 aliphatic carbocycles. The molecule has 5 nitrogen and oxygen atoms in total. The minimum atomic E-state index is 0.267. The van der Waals surface area contributed by atoms with Gasteiger partial charge in [0.1, 0.15) is 11.5 Å². The Balaban J connectivity index is 2.02. The molecule has 0 radical (unpaired) electrons. The van der Waals surface area contributed by atoms with Crippen LogP contribution in [-0.2, 0) is 0 Å². The van der Waals surface area contributed by atoms with Crippen molar-refractivity contribution in [3.05, 3.63) is 36.5 Å². The van der Waals surface area contributed by atoms with Gasteiger partial charge >= 0.3 is 0 Å². The number of rotatable bonds is 3. The first-order valence-corrected chi connectivity index (χ1v) is 6.58. The van der Waals surface area contributed by atoms with Gasteiger partial charge in [0.15, 0.2) is 5.82 Å². The highest BCUT2D eigenvalue weighted by atomic mass is 16.5. The number of pyridine rings is 1. The quantitative estimate of drug-likeness (QED) is 0.930. The second-order valence-electron chi connectivity index (χ2n) is 4.66. The normalized spacial score (nSPS) is 13.5. The first-order valence-electron chi connectivity index (χ1n) is 6.58. The van der Waals surface area contributed by atoms with Crippen LogP contribution in [0.2, 0.25) is 0 Å². The van der Waals surface area contributed by atoms with Crippen LogP contribution in [0.3, 0.4) is 0 Å². The maximum atomic E-state index is 9.40. The fourth-order valence-corrected chi connectivity index (χ4v) is 2.40. The second kappa shape index (κ2) is 4.92. The zero-order chi connectivity index (χ0) is 14.1. The Morgan fingerprint density at radius 3 is 2.70 bits per heavy atom. The zero-order valence-electron chi connectivity index (χ0n) is 11.6. The number of aromatic hydroxyl groups is 1. The number of hydrogen-bond acceptors (Lipinski definition) is 5. The van der Waals surface area contributed by atoms with Gasteiger partial charge in [0.05, 0.1) is 25.7 Å². The molecule has 2 heterocycles. The molecule has 5 heteroatoms. The molecule has 0 fully saturated rings. The van der Waals surface area contributed by atoms with Gasteiger partial charge < -0.3 is 19.6 Å². The zero-order valence-corrected chi connectivity index (χ0v) is 11.6. The highest BCUT2D eigenvalue weighted by Gasteiger charge is 2.27. The summed E-state index contributed by atoms with van der Waals surface area (Å²) in [6.45, 7) is 3.76. The van der Waals surface area contributed by atoms with Gasteiger partial charge in [-0.05, 0) is 31.2 Å². The molecule has 1 aromatic carbocycles. The number of hydrogen-bond donors (Lipinski definition) is 1. The number of phenols is 1. The van der Waals surface area contributed by atoms with E-state index in [9.17, 15) is 5.11 Å². The minimum absolute atomic E-state index is 0.267. The van der Waals surface area contributed by atoms with Crippen LogP contribution in [0.25, 0.3) is 0 Å². The molecule has 20 heavy (non-hydrogen) atoms. The third-order valence-electron chi connectivity index (χ3n) is 3.51. The van der Waals surface area contributed by atoms with Crippen molar-refractivity contribution >= 4 is 17.2 Å². The lowest BCUT2D eigenvalue weighted by Crippen LogP contribution is -2.27. The van der Waals surface area contributed by atoms with Gasteiger partial charge in [0.2, 0.25) is 0 Å². The van der Waals surface area contributed by atoms with Gasteiger partial charge in [-0.15, -0.1) is 0 Å². The number of methoxy groups -OCH3 is 1. The Morgan fingerprint density at radius 1 is 1.30 bits per heavy atom. The first-order chi connectivity index (χ1) is 9.72. The van der Waals surface area contributed by atoms with Crippen molar-refractivity contribution in [3.8, 4) is 11.5 Å². The molecule has 0 spiro atoms. The van der Waals surface area contributed by atoms with Crippen molar-refractivity contribution in [1.82, 2.24) is 4.98 Å². The second-order valence-corrected chi connectivity index (χ2v) is 4.66. The molecule has 0 saturated carbocycles. The fourth-order valence-electron chi connectivity index (χ4n) is 2.40. The van der Waals surface area contributed by atoms with Crippen LogP contribution >= 0.6 is 0 Å². The average Bonchev–Trinajstić information content (AvgIpc) is 2.86. The molecule has 0 amide bonds. The predicted octanol–water partition coefficient (Wildman–Crippen LogP) is 2.73. The van der Waals surface area contributed by atoms with Crippen molar-refractivity contribution in [3.63, 3.8) is 0 Å². The molecule has 3 rings (SSSR count). The van der Waals surface area contributed by atoms with Crippen LogP contribution in [0.5, 0.6) is 11.5 Å². The maximum absolute atomic E-state index is 9.40. The Kier molecular flexibility index (Phi) is 3.10. The van der Waals surface area contributed by atoms with Crippen molar-refractivity contribution in [2.75, 3.05) is 30.1 Å². The summed E-state index contributed by atoms with van der Waals surface area (Å²) >= 11 is 0. The summed E-state index contributed by atoms with van der Waals surface area (Å²) in [5.74, 6) is 1.94. The summed E-state index contributed by atoms with van der Waals surface area (Å²) in [6, 6.07) is 9.17. The lowest BCUT2D eigenvalue weighted by atomic mass is 10.2. The molecule has 104 valence electrons. The lowest BCUT2D eigenvalue weighted by molar-refractivity contribution is 0.413. The summed E-state index contributed by atoms with van der Waals surface area (Å²) < 4.78 is 5.25.